The molecule has 2 atom stereocenters. The van der Waals surface area contributed by atoms with E-state index in [2.05, 4.69) is 5.10 Å². The van der Waals surface area contributed by atoms with Gasteiger partial charge in [0.15, 0.2) is 0 Å². The number of likely N-dealkylation sites (tertiary alicyclic amines) is 1. The number of carbonyl (C=O) groups is 2. The van der Waals surface area contributed by atoms with Gasteiger partial charge in [0.25, 0.3) is 0 Å². The number of carbonyl (C=O) groups excluding carboxylic acids is 2. The molecule has 1 aromatic rings. The third-order valence-electron chi connectivity index (χ3n) is 3.54. The summed E-state index contributed by atoms with van der Waals surface area (Å²) in [5.41, 5.74) is 7.20. The first-order valence-electron chi connectivity index (χ1n) is 5.47. The normalized spacial score (nSPS) is 24.4. The third kappa shape index (κ3) is 1.69. The van der Waals surface area contributed by atoms with E-state index < -0.39 is 11.8 Å². The molecule has 0 aliphatic carbocycles. The van der Waals surface area contributed by atoms with Gasteiger partial charge >= 0.3 is 0 Å². The molecule has 2 N–H and O–H groups in total. The van der Waals surface area contributed by atoms with E-state index in [4.69, 9.17) is 5.73 Å². The van der Waals surface area contributed by atoms with Crippen molar-refractivity contribution >= 4 is 11.8 Å². The summed E-state index contributed by atoms with van der Waals surface area (Å²) < 4.78 is 1.73. The maximum absolute atomic E-state index is 11.7. The smallest absolute Gasteiger partial charge is 0.223 e. The maximum atomic E-state index is 11.7. The van der Waals surface area contributed by atoms with Crippen LogP contribution in [0.3, 0.4) is 0 Å². The van der Waals surface area contributed by atoms with E-state index in [-0.39, 0.29) is 18.4 Å². The summed E-state index contributed by atoms with van der Waals surface area (Å²) in [5, 5.41) is 4.14. The molecule has 1 fully saturated rings. The van der Waals surface area contributed by atoms with Crippen molar-refractivity contribution in [3.63, 3.8) is 0 Å². The Morgan fingerprint density at radius 3 is 2.65 bits per heavy atom. The number of nitrogens with two attached hydrogens (primary N) is 1. The number of hydrogen-bond donors (Lipinski definition) is 1. The van der Waals surface area contributed by atoms with Gasteiger partial charge in [0.05, 0.1) is 18.2 Å². The Morgan fingerprint density at radius 2 is 2.18 bits per heavy atom. The van der Waals surface area contributed by atoms with E-state index in [1.807, 2.05) is 14.0 Å². The Hall–Kier alpha value is -1.85. The van der Waals surface area contributed by atoms with Gasteiger partial charge < -0.3 is 10.6 Å². The third-order valence-corrected chi connectivity index (χ3v) is 3.54. The first-order valence-corrected chi connectivity index (χ1v) is 5.47. The van der Waals surface area contributed by atoms with Crippen molar-refractivity contribution in [1.29, 1.82) is 0 Å². The first kappa shape index (κ1) is 11.6. The van der Waals surface area contributed by atoms with Crippen molar-refractivity contribution in [3.8, 4) is 0 Å². The van der Waals surface area contributed by atoms with Crippen LogP contribution in [-0.4, -0.2) is 33.5 Å². The number of hydrogen-bond acceptors (Lipinski definition) is 3. The fourth-order valence-corrected chi connectivity index (χ4v) is 2.36. The highest BCUT2D eigenvalue weighted by atomic mass is 16.2. The topological polar surface area (TPSA) is 81.2 Å². The lowest BCUT2D eigenvalue weighted by molar-refractivity contribution is -0.128. The zero-order chi connectivity index (χ0) is 12.7. The average Bonchev–Trinajstić information content (AvgIpc) is 2.73. The molecular weight excluding hydrogens is 220 g/mol. The van der Waals surface area contributed by atoms with Gasteiger partial charge in [0.1, 0.15) is 0 Å². The molecule has 6 heteroatoms. The minimum Gasteiger partial charge on any atom is -0.369 e. The van der Waals surface area contributed by atoms with E-state index >= 15 is 0 Å². The Labute approximate surface area is 99.4 Å². The van der Waals surface area contributed by atoms with Crippen molar-refractivity contribution in [3.05, 3.63) is 17.5 Å². The van der Waals surface area contributed by atoms with E-state index in [0.29, 0.717) is 0 Å². The highest BCUT2D eigenvalue weighted by molar-refractivity contribution is 5.89. The fourth-order valence-electron chi connectivity index (χ4n) is 2.36. The van der Waals surface area contributed by atoms with Crippen molar-refractivity contribution in [2.75, 3.05) is 7.05 Å². The largest absolute Gasteiger partial charge is 0.369 e. The summed E-state index contributed by atoms with van der Waals surface area (Å²) in [6, 6.07) is -0.284. The molecule has 6 nitrogen and oxygen atoms in total. The van der Waals surface area contributed by atoms with E-state index in [1.165, 1.54) is 0 Å². The molecule has 2 amide bonds. The number of rotatable bonds is 2. The minimum atomic E-state index is -0.463. The Morgan fingerprint density at radius 1 is 1.53 bits per heavy atom. The summed E-state index contributed by atoms with van der Waals surface area (Å²) in [7, 11) is 3.53. The van der Waals surface area contributed by atoms with Crippen LogP contribution in [0.15, 0.2) is 6.20 Å². The van der Waals surface area contributed by atoms with Gasteiger partial charge in [-0.05, 0) is 6.92 Å². The summed E-state index contributed by atoms with van der Waals surface area (Å²) in [4.78, 5) is 24.7. The van der Waals surface area contributed by atoms with Crippen LogP contribution in [0.5, 0.6) is 0 Å². The molecule has 0 spiro atoms. The summed E-state index contributed by atoms with van der Waals surface area (Å²) in [6.45, 7) is 1.91. The molecule has 1 aliphatic heterocycles. The van der Waals surface area contributed by atoms with Crippen molar-refractivity contribution in [1.82, 2.24) is 14.7 Å². The second-order valence-corrected chi connectivity index (χ2v) is 4.47. The van der Waals surface area contributed by atoms with Crippen LogP contribution in [0.1, 0.15) is 23.7 Å². The minimum absolute atomic E-state index is 0.0537. The molecule has 0 aromatic carbocycles. The number of aryl methyl sites for hydroxylation is 1. The monoisotopic (exact) mass is 236 g/mol. The molecule has 0 saturated carbocycles. The van der Waals surface area contributed by atoms with Gasteiger partial charge in [-0.3, -0.25) is 14.3 Å². The molecule has 0 bridgehead atoms. The predicted molar refractivity (Wildman–Crippen MR) is 60.8 cm³/mol. The molecule has 17 heavy (non-hydrogen) atoms. The molecule has 1 saturated heterocycles. The molecule has 1 aromatic heterocycles. The molecule has 2 rings (SSSR count). The predicted octanol–water partition coefficient (Wildman–Crippen LogP) is -0.267. The van der Waals surface area contributed by atoms with Gasteiger partial charge in [-0.2, -0.15) is 5.10 Å². The molecular formula is C11H16N4O2. The van der Waals surface area contributed by atoms with Crippen LogP contribution >= 0.6 is 0 Å². The summed E-state index contributed by atoms with van der Waals surface area (Å²) in [6.07, 6.45) is 1.88. The molecule has 0 radical (unpaired) electrons. The average molecular weight is 236 g/mol. The van der Waals surface area contributed by atoms with Gasteiger partial charge in [-0.1, -0.05) is 0 Å². The first-order chi connectivity index (χ1) is 7.93. The van der Waals surface area contributed by atoms with Crippen molar-refractivity contribution < 1.29 is 9.59 Å². The van der Waals surface area contributed by atoms with E-state index in [9.17, 15) is 9.59 Å². The standard InChI is InChI=1S/C11H16N4O2/c1-6-8(5-13-15(6)3)10-7(11(12)17)4-9(16)14(10)2/h5,7,10H,4H2,1-3H3,(H2,12,17)/t7-,10-/m1/s1. The van der Waals surface area contributed by atoms with Crippen LogP contribution < -0.4 is 5.73 Å². The summed E-state index contributed by atoms with van der Waals surface area (Å²) >= 11 is 0. The SMILES string of the molecule is Cc1c([C@H]2[C@H](C(N)=O)CC(=O)N2C)cnn1C. The molecule has 92 valence electrons. The zero-order valence-corrected chi connectivity index (χ0v) is 10.2. The fraction of sp³-hybridized carbons (Fsp3) is 0.545. The Balaban J connectivity index is 2.44. The second-order valence-electron chi connectivity index (χ2n) is 4.47. The molecule has 0 unspecified atom stereocenters. The summed E-state index contributed by atoms with van der Waals surface area (Å²) in [5.74, 6) is -0.951. The lowest BCUT2D eigenvalue weighted by Crippen LogP contribution is -2.30. The lowest BCUT2D eigenvalue weighted by Gasteiger charge is -2.23. The number of primary amides is 1. The van der Waals surface area contributed by atoms with Gasteiger partial charge in [-0.25, -0.2) is 0 Å². The molecule has 2 heterocycles. The maximum Gasteiger partial charge on any atom is 0.223 e. The quantitative estimate of drug-likeness (QED) is 0.767. The lowest BCUT2D eigenvalue weighted by atomic mass is 9.93. The highest BCUT2D eigenvalue weighted by Gasteiger charge is 2.42. The van der Waals surface area contributed by atoms with Gasteiger partial charge in [0.2, 0.25) is 11.8 Å². The second kappa shape index (κ2) is 3.87. The van der Waals surface area contributed by atoms with E-state index in [1.54, 1.807) is 22.8 Å². The number of nitrogens with zero attached hydrogens (tertiary/aromatic N) is 3. The molecule has 1 aliphatic rings. The van der Waals surface area contributed by atoms with Gasteiger partial charge in [0, 0.05) is 31.8 Å². The van der Waals surface area contributed by atoms with Crippen LogP contribution in [-0.2, 0) is 16.6 Å². The van der Waals surface area contributed by atoms with E-state index in [0.717, 1.165) is 11.3 Å². The van der Waals surface area contributed by atoms with Crippen molar-refractivity contribution in [2.45, 2.75) is 19.4 Å². The Bertz CT molecular complexity index is 480. The number of amides is 2. The van der Waals surface area contributed by atoms with Crippen LogP contribution in [0.25, 0.3) is 0 Å². The van der Waals surface area contributed by atoms with Crippen LogP contribution in [0.2, 0.25) is 0 Å². The van der Waals surface area contributed by atoms with Gasteiger partial charge in [-0.15, -0.1) is 0 Å². The zero-order valence-electron chi connectivity index (χ0n) is 10.2. The Kier molecular flexibility index (Phi) is 2.65. The van der Waals surface area contributed by atoms with Crippen molar-refractivity contribution in [2.24, 2.45) is 18.7 Å². The number of aromatic nitrogens is 2. The highest BCUT2D eigenvalue weighted by Crippen LogP contribution is 2.37. The van der Waals surface area contributed by atoms with Crippen LogP contribution in [0, 0.1) is 12.8 Å². The van der Waals surface area contributed by atoms with Crippen LogP contribution in [0.4, 0.5) is 0 Å².